The molecule has 2 aliphatic rings. The maximum Gasteiger partial charge on any atom is 0.317 e. The molecule has 1 aromatic rings. The number of nitrogens with one attached hydrogen (secondary N) is 1. The lowest BCUT2D eigenvalue weighted by Crippen LogP contribution is -2.53. The third kappa shape index (κ3) is 5.89. The molecule has 1 aliphatic heterocycles. The third-order valence-electron chi connectivity index (χ3n) is 5.54. The average Bonchev–Trinajstić information content (AvgIpc) is 2.76. The van der Waals surface area contributed by atoms with E-state index in [9.17, 15) is 22.0 Å². The summed E-state index contributed by atoms with van der Waals surface area (Å²) in [4.78, 5) is 13.1. The first kappa shape index (κ1) is 22.9. The van der Waals surface area contributed by atoms with Crippen LogP contribution in [0.2, 0.25) is 0 Å². The van der Waals surface area contributed by atoms with Gasteiger partial charge in [0.25, 0.3) is 0 Å². The fraction of sp³-hybridized carbons (Fsp3) is 0.650. The number of hydrogen-bond donors (Lipinski definition) is 1. The number of urea groups is 1. The number of hydrogen-bond acceptors (Lipinski definition) is 4. The highest BCUT2D eigenvalue weighted by Gasteiger charge is 2.32. The molecule has 1 saturated carbocycles. The lowest BCUT2D eigenvalue weighted by atomic mass is 9.98. The fourth-order valence-electron chi connectivity index (χ4n) is 3.81. The van der Waals surface area contributed by atoms with E-state index in [1.165, 1.54) is 24.2 Å². The lowest BCUT2D eigenvalue weighted by molar-refractivity contribution is 0.0274. The van der Waals surface area contributed by atoms with E-state index in [2.05, 4.69) is 5.32 Å². The van der Waals surface area contributed by atoms with Gasteiger partial charge in [-0.25, -0.2) is 22.0 Å². The summed E-state index contributed by atoms with van der Waals surface area (Å²) in [5.74, 6) is -1.81. The van der Waals surface area contributed by atoms with Gasteiger partial charge in [0, 0.05) is 39.3 Å². The topological polar surface area (TPSA) is 79.0 Å². The van der Waals surface area contributed by atoms with Crippen LogP contribution >= 0.6 is 0 Å². The Kier molecular flexibility index (Phi) is 8.01. The molecule has 30 heavy (non-hydrogen) atoms. The van der Waals surface area contributed by atoms with Gasteiger partial charge in [-0.2, -0.15) is 4.31 Å². The molecular weight excluding hydrogens is 416 g/mol. The van der Waals surface area contributed by atoms with Crippen LogP contribution < -0.4 is 5.32 Å². The number of sulfonamides is 1. The summed E-state index contributed by atoms with van der Waals surface area (Å²) < 4.78 is 59.4. The lowest BCUT2D eigenvalue weighted by Gasteiger charge is -2.34. The molecule has 3 rings (SSSR count). The molecule has 0 aromatic heterocycles. The van der Waals surface area contributed by atoms with Crippen molar-refractivity contribution in [2.24, 2.45) is 0 Å². The first-order chi connectivity index (χ1) is 14.4. The van der Waals surface area contributed by atoms with Gasteiger partial charge in [0.05, 0.1) is 6.10 Å². The molecule has 1 saturated heterocycles. The Balaban J connectivity index is 1.40. The van der Waals surface area contributed by atoms with Crippen LogP contribution in [-0.4, -0.2) is 69.1 Å². The van der Waals surface area contributed by atoms with E-state index < -0.39 is 26.6 Å². The zero-order valence-electron chi connectivity index (χ0n) is 17.0. The van der Waals surface area contributed by atoms with Gasteiger partial charge in [-0.05, 0) is 37.5 Å². The van der Waals surface area contributed by atoms with Gasteiger partial charge in [0.15, 0.2) is 0 Å². The van der Waals surface area contributed by atoms with E-state index in [0.29, 0.717) is 25.3 Å². The normalized spacial score (nSPS) is 19.1. The molecule has 0 bridgehead atoms. The van der Waals surface area contributed by atoms with Crippen LogP contribution in [-0.2, 0) is 14.8 Å². The largest absolute Gasteiger partial charge is 0.378 e. The van der Waals surface area contributed by atoms with Crippen molar-refractivity contribution in [2.45, 2.75) is 49.5 Å². The zero-order valence-corrected chi connectivity index (χ0v) is 17.8. The first-order valence-electron chi connectivity index (χ1n) is 10.5. The van der Waals surface area contributed by atoms with Crippen molar-refractivity contribution in [1.29, 1.82) is 0 Å². The molecule has 0 unspecified atom stereocenters. The van der Waals surface area contributed by atoms with E-state index in [4.69, 9.17) is 4.74 Å². The Bertz CT molecular complexity index is 823. The molecule has 1 aromatic carbocycles. The van der Waals surface area contributed by atoms with E-state index in [0.717, 1.165) is 35.7 Å². The van der Waals surface area contributed by atoms with E-state index in [1.54, 1.807) is 0 Å². The standard InChI is InChI=1S/C20H29F2N3O4S/c21-16-7-8-18(22)19(15-16)30(27,28)25-12-10-24(11-13-25)20(26)23-9-4-14-29-17-5-2-1-3-6-17/h7-8,15,17H,1-6,9-14H2,(H,23,26). The molecular formula is C20H29F2N3O4S. The van der Waals surface area contributed by atoms with Crippen LogP contribution in [0.5, 0.6) is 0 Å². The second-order valence-electron chi connectivity index (χ2n) is 7.68. The SMILES string of the molecule is O=C(NCCCOC1CCCCC1)N1CCN(S(=O)(=O)c2cc(F)ccc2F)CC1. The van der Waals surface area contributed by atoms with Crippen molar-refractivity contribution in [3.05, 3.63) is 29.8 Å². The summed E-state index contributed by atoms with van der Waals surface area (Å²) >= 11 is 0. The third-order valence-corrected chi connectivity index (χ3v) is 7.45. The summed E-state index contributed by atoms with van der Waals surface area (Å²) in [6.07, 6.45) is 6.99. The minimum absolute atomic E-state index is 0.0243. The number of halogens is 2. The Morgan fingerprint density at radius 1 is 1.10 bits per heavy atom. The highest BCUT2D eigenvalue weighted by molar-refractivity contribution is 7.89. The van der Waals surface area contributed by atoms with Gasteiger partial charge in [-0.1, -0.05) is 19.3 Å². The Labute approximate surface area is 176 Å². The predicted molar refractivity (Wildman–Crippen MR) is 108 cm³/mol. The monoisotopic (exact) mass is 445 g/mol. The molecule has 168 valence electrons. The van der Waals surface area contributed by atoms with Crippen LogP contribution in [0, 0.1) is 11.6 Å². The summed E-state index contributed by atoms with van der Waals surface area (Å²) in [5.41, 5.74) is 0. The van der Waals surface area contributed by atoms with Gasteiger partial charge in [0.1, 0.15) is 16.5 Å². The summed E-state index contributed by atoms with van der Waals surface area (Å²) in [6.45, 7) is 1.50. The minimum Gasteiger partial charge on any atom is -0.378 e. The highest BCUT2D eigenvalue weighted by Crippen LogP contribution is 2.22. The van der Waals surface area contributed by atoms with Gasteiger partial charge in [-0.3, -0.25) is 0 Å². The number of ether oxygens (including phenoxy) is 1. The van der Waals surface area contributed by atoms with Gasteiger partial charge < -0.3 is 15.0 Å². The highest BCUT2D eigenvalue weighted by atomic mass is 32.2. The number of rotatable bonds is 7. The molecule has 1 aliphatic carbocycles. The zero-order chi connectivity index (χ0) is 21.6. The molecule has 7 nitrogen and oxygen atoms in total. The smallest absolute Gasteiger partial charge is 0.317 e. The molecule has 1 heterocycles. The van der Waals surface area contributed by atoms with E-state index in [-0.39, 0.29) is 32.2 Å². The second-order valence-corrected chi connectivity index (χ2v) is 9.59. The quantitative estimate of drug-likeness (QED) is 0.655. The van der Waals surface area contributed by atoms with Crippen molar-refractivity contribution < 1.29 is 26.7 Å². The van der Waals surface area contributed by atoms with Crippen molar-refractivity contribution in [1.82, 2.24) is 14.5 Å². The molecule has 0 atom stereocenters. The van der Waals surface area contributed by atoms with E-state index >= 15 is 0 Å². The van der Waals surface area contributed by atoms with Crippen LogP contribution in [0.25, 0.3) is 0 Å². The fourth-order valence-corrected chi connectivity index (χ4v) is 5.30. The maximum atomic E-state index is 13.9. The molecule has 0 spiro atoms. The molecule has 2 fully saturated rings. The minimum atomic E-state index is -4.16. The van der Waals surface area contributed by atoms with Crippen molar-refractivity contribution in [2.75, 3.05) is 39.3 Å². The van der Waals surface area contributed by atoms with E-state index in [1.807, 2.05) is 0 Å². The maximum absolute atomic E-state index is 13.9. The Morgan fingerprint density at radius 2 is 1.80 bits per heavy atom. The first-order valence-corrected chi connectivity index (χ1v) is 11.9. The summed E-state index contributed by atoms with van der Waals surface area (Å²) in [6, 6.07) is 2.08. The van der Waals surface area contributed by atoms with Gasteiger partial charge in [0.2, 0.25) is 10.0 Å². The molecule has 0 radical (unpaired) electrons. The summed E-state index contributed by atoms with van der Waals surface area (Å²) in [5, 5.41) is 2.82. The van der Waals surface area contributed by atoms with Gasteiger partial charge in [-0.15, -0.1) is 0 Å². The van der Waals surface area contributed by atoms with Gasteiger partial charge >= 0.3 is 6.03 Å². The molecule has 1 N–H and O–H groups in total. The number of benzene rings is 1. The van der Waals surface area contributed by atoms with Crippen LogP contribution in [0.4, 0.5) is 13.6 Å². The van der Waals surface area contributed by atoms with Crippen molar-refractivity contribution in [3.63, 3.8) is 0 Å². The number of amides is 2. The van der Waals surface area contributed by atoms with Crippen LogP contribution in [0.3, 0.4) is 0 Å². The average molecular weight is 446 g/mol. The van der Waals surface area contributed by atoms with Crippen LogP contribution in [0.15, 0.2) is 23.1 Å². The van der Waals surface area contributed by atoms with Crippen molar-refractivity contribution in [3.8, 4) is 0 Å². The predicted octanol–water partition coefficient (Wildman–Crippen LogP) is 2.72. The Morgan fingerprint density at radius 3 is 2.50 bits per heavy atom. The number of carbonyl (C=O) groups is 1. The number of piperazine rings is 1. The molecule has 10 heteroatoms. The number of nitrogens with zero attached hydrogens (tertiary/aromatic N) is 2. The van der Waals surface area contributed by atoms with Crippen molar-refractivity contribution >= 4 is 16.1 Å². The van der Waals surface area contributed by atoms with Crippen LogP contribution in [0.1, 0.15) is 38.5 Å². The second kappa shape index (κ2) is 10.5. The molecule has 2 amide bonds. The summed E-state index contributed by atoms with van der Waals surface area (Å²) in [7, 11) is -4.16. The number of carbonyl (C=O) groups excluding carboxylic acids is 1. The Hall–Kier alpha value is -1.78.